The van der Waals surface area contributed by atoms with Crippen molar-refractivity contribution in [2.45, 2.75) is 19.8 Å². The summed E-state index contributed by atoms with van der Waals surface area (Å²) < 4.78 is 48.2. The van der Waals surface area contributed by atoms with Crippen LogP contribution in [0.3, 0.4) is 0 Å². The number of likely N-dealkylation sites (N-methyl/N-ethyl adjacent to an activating group) is 1. The first kappa shape index (κ1) is 23.9. The van der Waals surface area contributed by atoms with Crippen LogP contribution in [0.4, 0.5) is 18.9 Å². The summed E-state index contributed by atoms with van der Waals surface area (Å²) in [6.07, 6.45) is -4.74. The Kier molecular flexibility index (Phi) is 6.40. The topological polar surface area (TPSA) is 72.4 Å². The van der Waals surface area contributed by atoms with Gasteiger partial charge in [0.1, 0.15) is 11.6 Å². The predicted octanol–water partition coefficient (Wildman–Crippen LogP) is 4.61. The highest BCUT2D eigenvalue weighted by atomic mass is 19.4. The van der Waals surface area contributed by atoms with Crippen LogP contribution in [0.15, 0.2) is 59.1 Å². The summed E-state index contributed by atoms with van der Waals surface area (Å²) in [4.78, 5) is 9.24. The highest BCUT2D eigenvalue weighted by molar-refractivity contribution is 5.63. The van der Waals surface area contributed by atoms with E-state index in [0.717, 1.165) is 37.6 Å². The first-order chi connectivity index (χ1) is 17.2. The third-order valence-electron chi connectivity index (χ3n) is 6.08. The minimum absolute atomic E-state index is 0.307. The number of rotatable bonds is 6. The Morgan fingerprint density at radius 1 is 1.00 bits per heavy atom. The van der Waals surface area contributed by atoms with Crippen molar-refractivity contribution in [1.82, 2.24) is 24.8 Å². The standard InChI is InChI=1S/C25H25F3N6O2/c1-17-29-24(22-15-23(36-31-22)19-6-8-21(9-7-19)35-25(26,27)28)30-34(17)16-18-4-3-5-20(14-18)33-12-10-32(2)11-13-33/h3-9,14-15H,10-13,16H2,1-2H3. The highest BCUT2D eigenvalue weighted by Gasteiger charge is 2.31. The number of aromatic nitrogens is 4. The lowest BCUT2D eigenvalue weighted by Gasteiger charge is -2.34. The SMILES string of the molecule is Cc1nc(-c2cc(-c3ccc(OC(F)(F)F)cc3)on2)nn1Cc1cccc(N2CCN(C)CC2)c1. The van der Waals surface area contributed by atoms with E-state index in [4.69, 9.17) is 4.52 Å². The molecule has 188 valence electrons. The Balaban J connectivity index is 1.29. The molecule has 0 atom stereocenters. The summed E-state index contributed by atoms with van der Waals surface area (Å²) in [5, 5.41) is 8.66. The third kappa shape index (κ3) is 5.51. The molecule has 0 unspecified atom stereocenters. The van der Waals surface area contributed by atoms with Gasteiger partial charge in [0.05, 0.1) is 6.54 Å². The maximum Gasteiger partial charge on any atom is 0.573 e. The van der Waals surface area contributed by atoms with Gasteiger partial charge in [0.25, 0.3) is 0 Å². The number of hydrogen-bond acceptors (Lipinski definition) is 7. The van der Waals surface area contributed by atoms with Gasteiger partial charge >= 0.3 is 6.36 Å². The molecule has 4 aromatic rings. The van der Waals surface area contributed by atoms with Crippen molar-refractivity contribution in [2.24, 2.45) is 0 Å². The molecule has 2 aromatic carbocycles. The first-order valence-corrected chi connectivity index (χ1v) is 11.5. The van der Waals surface area contributed by atoms with E-state index in [1.165, 1.54) is 30.0 Å². The van der Waals surface area contributed by atoms with Gasteiger partial charge in [-0.15, -0.1) is 18.3 Å². The zero-order valence-corrected chi connectivity index (χ0v) is 19.9. The second-order valence-electron chi connectivity index (χ2n) is 8.75. The van der Waals surface area contributed by atoms with Crippen LogP contribution in [0, 0.1) is 6.92 Å². The number of anilines is 1. The quantitative estimate of drug-likeness (QED) is 0.385. The summed E-state index contributed by atoms with van der Waals surface area (Å²) in [5.74, 6) is 1.22. The molecule has 0 saturated carbocycles. The van der Waals surface area contributed by atoms with Gasteiger partial charge < -0.3 is 19.1 Å². The second-order valence-corrected chi connectivity index (χ2v) is 8.75. The number of alkyl halides is 3. The van der Waals surface area contributed by atoms with Gasteiger partial charge in [-0.1, -0.05) is 17.3 Å². The van der Waals surface area contributed by atoms with Gasteiger partial charge in [-0.3, -0.25) is 0 Å². The summed E-state index contributed by atoms with van der Waals surface area (Å²) in [7, 11) is 2.14. The van der Waals surface area contributed by atoms with Crippen molar-refractivity contribution in [3.05, 3.63) is 66.0 Å². The Labute approximate surface area is 205 Å². The molecule has 0 radical (unpaired) electrons. The van der Waals surface area contributed by atoms with Gasteiger partial charge in [-0.2, -0.15) is 0 Å². The maximum absolute atomic E-state index is 12.4. The molecule has 1 aliphatic rings. The molecule has 8 nitrogen and oxygen atoms in total. The Hall–Kier alpha value is -3.86. The summed E-state index contributed by atoms with van der Waals surface area (Å²) in [6.45, 7) is 6.52. The highest BCUT2D eigenvalue weighted by Crippen LogP contribution is 2.29. The summed E-state index contributed by atoms with van der Waals surface area (Å²) in [6, 6.07) is 15.5. The van der Waals surface area contributed by atoms with E-state index in [0.29, 0.717) is 29.4 Å². The molecule has 0 aliphatic carbocycles. The van der Waals surface area contributed by atoms with Crippen LogP contribution in [0.25, 0.3) is 22.8 Å². The van der Waals surface area contributed by atoms with Gasteiger partial charge in [0, 0.05) is 43.5 Å². The third-order valence-corrected chi connectivity index (χ3v) is 6.08. The van der Waals surface area contributed by atoms with Crippen LogP contribution in [0.5, 0.6) is 5.75 Å². The zero-order chi connectivity index (χ0) is 25.3. The fourth-order valence-corrected chi connectivity index (χ4v) is 4.10. The largest absolute Gasteiger partial charge is 0.573 e. The fraction of sp³-hybridized carbons (Fsp3) is 0.320. The average Bonchev–Trinajstić information content (AvgIpc) is 3.47. The van der Waals surface area contributed by atoms with Crippen LogP contribution in [-0.4, -0.2) is 64.4 Å². The maximum atomic E-state index is 12.4. The van der Waals surface area contributed by atoms with Gasteiger partial charge in [0.15, 0.2) is 11.5 Å². The van der Waals surface area contributed by atoms with E-state index in [1.54, 1.807) is 6.07 Å². The number of aryl methyl sites for hydroxylation is 1. The lowest BCUT2D eigenvalue weighted by molar-refractivity contribution is -0.274. The van der Waals surface area contributed by atoms with Crippen molar-refractivity contribution >= 4 is 5.69 Å². The molecule has 1 aliphatic heterocycles. The van der Waals surface area contributed by atoms with Crippen LogP contribution < -0.4 is 9.64 Å². The van der Waals surface area contributed by atoms with E-state index >= 15 is 0 Å². The average molecular weight is 499 g/mol. The molecule has 3 heterocycles. The van der Waals surface area contributed by atoms with Crippen molar-refractivity contribution in [3.8, 4) is 28.6 Å². The van der Waals surface area contributed by atoms with Crippen LogP contribution in [0.1, 0.15) is 11.4 Å². The van der Waals surface area contributed by atoms with Crippen LogP contribution in [-0.2, 0) is 6.54 Å². The minimum Gasteiger partial charge on any atom is -0.406 e. The smallest absolute Gasteiger partial charge is 0.406 e. The predicted molar refractivity (Wildman–Crippen MR) is 128 cm³/mol. The molecule has 1 saturated heterocycles. The Morgan fingerprint density at radius 2 is 1.75 bits per heavy atom. The number of piperazine rings is 1. The van der Waals surface area contributed by atoms with E-state index < -0.39 is 6.36 Å². The lowest BCUT2D eigenvalue weighted by atomic mass is 10.1. The molecule has 0 spiro atoms. The van der Waals surface area contributed by atoms with Crippen molar-refractivity contribution < 1.29 is 22.4 Å². The zero-order valence-electron chi connectivity index (χ0n) is 19.9. The molecule has 11 heteroatoms. The first-order valence-electron chi connectivity index (χ1n) is 11.5. The molecular formula is C25H25F3N6O2. The van der Waals surface area contributed by atoms with Gasteiger partial charge in [0.2, 0.25) is 5.82 Å². The number of halogens is 3. The molecule has 36 heavy (non-hydrogen) atoms. The molecule has 2 aromatic heterocycles. The molecule has 0 bridgehead atoms. The Bertz CT molecular complexity index is 1320. The number of ether oxygens (including phenoxy) is 1. The van der Waals surface area contributed by atoms with E-state index in [1.807, 2.05) is 11.6 Å². The van der Waals surface area contributed by atoms with Crippen molar-refractivity contribution in [2.75, 3.05) is 38.1 Å². The molecule has 0 amide bonds. The van der Waals surface area contributed by atoms with E-state index in [-0.39, 0.29) is 5.75 Å². The lowest BCUT2D eigenvalue weighted by Crippen LogP contribution is -2.44. The van der Waals surface area contributed by atoms with Crippen LogP contribution in [0.2, 0.25) is 0 Å². The number of hydrogen-bond donors (Lipinski definition) is 0. The molecule has 0 N–H and O–H groups in total. The van der Waals surface area contributed by atoms with E-state index in [9.17, 15) is 13.2 Å². The van der Waals surface area contributed by atoms with E-state index in [2.05, 4.69) is 61.1 Å². The molecule has 5 rings (SSSR count). The van der Waals surface area contributed by atoms with Gasteiger partial charge in [-0.25, -0.2) is 9.67 Å². The monoisotopic (exact) mass is 498 g/mol. The fourth-order valence-electron chi connectivity index (χ4n) is 4.10. The van der Waals surface area contributed by atoms with Crippen molar-refractivity contribution in [1.29, 1.82) is 0 Å². The van der Waals surface area contributed by atoms with Gasteiger partial charge in [-0.05, 0) is 55.9 Å². The van der Waals surface area contributed by atoms with Crippen molar-refractivity contribution in [3.63, 3.8) is 0 Å². The molecular weight excluding hydrogens is 473 g/mol. The van der Waals surface area contributed by atoms with Crippen LogP contribution >= 0.6 is 0 Å². The molecule has 1 fully saturated rings. The number of nitrogens with zero attached hydrogens (tertiary/aromatic N) is 6. The normalized spacial score (nSPS) is 14.9. The minimum atomic E-state index is -4.74. The Morgan fingerprint density at radius 3 is 2.47 bits per heavy atom. The second kappa shape index (κ2) is 9.65. The summed E-state index contributed by atoms with van der Waals surface area (Å²) in [5.41, 5.74) is 3.31. The summed E-state index contributed by atoms with van der Waals surface area (Å²) >= 11 is 0. The number of benzene rings is 2.